The second-order valence-electron chi connectivity index (χ2n) is 4.27. The third kappa shape index (κ3) is 3.37. The molecule has 1 atom stereocenters. The Labute approximate surface area is 120 Å². The van der Waals surface area contributed by atoms with Crippen LogP contribution in [0.25, 0.3) is 0 Å². The third-order valence-electron chi connectivity index (χ3n) is 2.68. The first-order valence-corrected chi connectivity index (χ1v) is 7.39. The van der Waals surface area contributed by atoms with Gasteiger partial charge in [0.05, 0.1) is 6.10 Å². The predicted octanol–water partition coefficient (Wildman–Crippen LogP) is 4.96. The standard InChI is InChI=1S/C15H15BrOS/c1-10-3-5-12(6-4-10)18-13-7-8-14(11(2)17)15(16)9-13/h3-9,11,17H,1-2H3/t11-/m1/s1. The summed E-state index contributed by atoms with van der Waals surface area (Å²) < 4.78 is 0.953. The van der Waals surface area contributed by atoms with Crippen LogP contribution in [0.2, 0.25) is 0 Å². The molecule has 0 heterocycles. The molecule has 0 aromatic heterocycles. The average Bonchev–Trinajstić information content (AvgIpc) is 2.32. The number of halogens is 1. The molecule has 1 N–H and O–H groups in total. The lowest BCUT2D eigenvalue weighted by Crippen LogP contribution is -1.92. The molecule has 3 heteroatoms. The Balaban J connectivity index is 2.20. The summed E-state index contributed by atoms with van der Waals surface area (Å²) in [6, 6.07) is 14.5. The smallest absolute Gasteiger partial charge is 0.0772 e. The molecule has 0 aliphatic heterocycles. The van der Waals surface area contributed by atoms with E-state index in [-0.39, 0.29) is 0 Å². The summed E-state index contributed by atoms with van der Waals surface area (Å²) >= 11 is 5.22. The van der Waals surface area contributed by atoms with Crippen LogP contribution in [-0.2, 0) is 0 Å². The summed E-state index contributed by atoms with van der Waals surface area (Å²) in [5, 5.41) is 9.58. The number of benzene rings is 2. The molecule has 2 rings (SSSR count). The van der Waals surface area contributed by atoms with Crippen molar-refractivity contribution < 1.29 is 5.11 Å². The zero-order valence-corrected chi connectivity index (χ0v) is 12.8. The highest BCUT2D eigenvalue weighted by molar-refractivity contribution is 9.10. The van der Waals surface area contributed by atoms with E-state index >= 15 is 0 Å². The number of aliphatic hydroxyl groups is 1. The van der Waals surface area contributed by atoms with E-state index in [0.29, 0.717) is 0 Å². The molecule has 0 aliphatic rings. The minimum Gasteiger partial charge on any atom is -0.389 e. The Morgan fingerprint density at radius 3 is 2.22 bits per heavy atom. The minimum atomic E-state index is -0.446. The van der Waals surface area contributed by atoms with Gasteiger partial charge in [-0.3, -0.25) is 0 Å². The van der Waals surface area contributed by atoms with Crippen LogP contribution in [0, 0.1) is 6.92 Å². The molecule has 0 saturated heterocycles. The highest BCUT2D eigenvalue weighted by Crippen LogP contribution is 2.32. The molecule has 0 saturated carbocycles. The van der Waals surface area contributed by atoms with E-state index in [1.165, 1.54) is 10.5 Å². The van der Waals surface area contributed by atoms with Crippen molar-refractivity contribution in [1.82, 2.24) is 0 Å². The van der Waals surface area contributed by atoms with Gasteiger partial charge in [0.2, 0.25) is 0 Å². The third-order valence-corrected chi connectivity index (χ3v) is 4.36. The second kappa shape index (κ2) is 5.91. The first kappa shape index (κ1) is 13.7. The number of rotatable bonds is 3. The van der Waals surface area contributed by atoms with Crippen molar-refractivity contribution in [1.29, 1.82) is 0 Å². The molecule has 0 bridgehead atoms. The SMILES string of the molecule is Cc1ccc(Sc2ccc([C@@H](C)O)c(Br)c2)cc1. The van der Waals surface area contributed by atoms with Gasteiger partial charge >= 0.3 is 0 Å². The maximum Gasteiger partial charge on any atom is 0.0772 e. The molecular formula is C15H15BrOS. The highest BCUT2D eigenvalue weighted by Gasteiger charge is 2.07. The average molecular weight is 323 g/mol. The topological polar surface area (TPSA) is 20.2 Å². The van der Waals surface area contributed by atoms with Gasteiger partial charge in [0.25, 0.3) is 0 Å². The fourth-order valence-corrected chi connectivity index (χ4v) is 3.37. The molecular weight excluding hydrogens is 308 g/mol. The van der Waals surface area contributed by atoms with Crippen LogP contribution in [-0.4, -0.2) is 5.11 Å². The van der Waals surface area contributed by atoms with Gasteiger partial charge in [0.15, 0.2) is 0 Å². The van der Waals surface area contributed by atoms with Crippen LogP contribution in [0.3, 0.4) is 0 Å². The Bertz CT molecular complexity index is 535. The van der Waals surface area contributed by atoms with Crippen molar-refractivity contribution in [2.24, 2.45) is 0 Å². The lowest BCUT2D eigenvalue weighted by molar-refractivity contribution is 0.198. The fourth-order valence-electron chi connectivity index (χ4n) is 1.65. The van der Waals surface area contributed by atoms with Gasteiger partial charge in [-0.1, -0.05) is 51.5 Å². The lowest BCUT2D eigenvalue weighted by atomic mass is 10.1. The predicted molar refractivity (Wildman–Crippen MR) is 80.1 cm³/mol. The van der Waals surface area contributed by atoms with Crippen LogP contribution < -0.4 is 0 Å². The number of aliphatic hydroxyl groups excluding tert-OH is 1. The van der Waals surface area contributed by atoms with Crippen LogP contribution in [0.4, 0.5) is 0 Å². The molecule has 0 fully saturated rings. The quantitative estimate of drug-likeness (QED) is 0.861. The number of aryl methyl sites for hydroxylation is 1. The van der Waals surface area contributed by atoms with Crippen LogP contribution in [0.1, 0.15) is 24.2 Å². The Hall–Kier alpha value is -0.770. The lowest BCUT2D eigenvalue weighted by Gasteiger charge is -2.09. The first-order chi connectivity index (χ1) is 8.56. The van der Waals surface area contributed by atoms with E-state index in [4.69, 9.17) is 0 Å². The minimum absolute atomic E-state index is 0.446. The fraction of sp³-hybridized carbons (Fsp3) is 0.200. The summed E-state index contributed by atoms with van der Waals surface area (Å²) in [4.78, 5) is 2.38. The summed E-state index contributed by atoms with van der Waals surface area (Å²) in [5.74, 6) is 0. The van der Waals surface area contributed by atoms with Crippen molar-refractivity contribution in [3.05, 3.63) is 58.1 Å². The van der Waals surface area contributed by atoms with Crippen molar-refractivity contribution in [2.75, 3.05) is 0 Å². The van der Waals surface area contributed by atoms with Crippen molar-refractivity contribution in [2.45, 2.75) is 29.7 Å². The molecule has 0 aliphatic carbocycles. The normalized spacial score (nSPS) is 12.4. The van der Waals surface area contributed by atoms with Crippen molar-refractivity contribution in [3.63, 3.8) is 0 Å². The monoisotopic (exact) mass is 322 g/mol. The zero-order valence-electron chi connectivity index (χ0n) is 10.4. The van der Waals surface area contributed by atoms with Gasteiger partial charge in [-0.05, 0) is 43.7 Å². The molecule has 2 aromatic carbocycles. The Morgan fingerprint density at radius 1 is 1.06 bits per heavy atom. The maximum atomic E-state index is 9.58. The molecule has 1 nitrogen and oxygen atoms in total. The highest BCUT2D eigenvalue weighted by atomic mass is 79.9. The first-order valence-electron chi connectivity index (χ1n) is 5.78. The Kier molecular flexibility index (Phi) is 4.49. The van der Waals surface area contributed by atoms with E-state index < -0.39 is 6.10 Å². The van der Waals surface area contributed by atoms with E-state index in [0.717, 1.165) is 14.9 Å². The molecule has 0 amide bonds. The zero-order chi connectivity index (χ0) is 13.1. The van der Waals surface area contributed by atoms with Gasteiger partial charge in [0, 0.05) is 14.3 Å². The molecule has 0 radical (unpaired) electrons. The molecule has 0 spiro atoms. The van der Waals surface area contributed by atoms with Gasteiger partial charge in [-0.25, -0.2) is 0 Å². The van der Waals surface area contributed by atoms with Crippen LogP contribution in [0.5, 0.6) is 0 Å². The molecule has 2 aromatic rings. The largest absolute Gasteiger partial charge is 0.389 e. The second-order valence-corrected chi connectivity index (χ2v) is 6.28. The van der Waals surface area contributed by atoms with E-state index in [1.54, 1.807) is 18.7 Å². The summed E-state index contributed by atoms with van der Waals surface area (Å²) in [6.07, 6.45) is -0.446. The van der Waals surface area contributed by atoms with Gasteiger partial charge in [0.1, 0.15) is 0 Å². The van der Waals surface area contributed by atoms with E-state index in [9.17, 15) is 5.11 Å². The van der Waals surface area contributed by atoms with Gasteiger partial charge in [-0.2, -0.15) is 0 Å². The van der Waals surface area contributed by atoms with Crippen molar-refractivity contribution >= 4 is 27.7 Å². The van der Waals surface area contributed by atoms with E-state index in [1.807, 2.05) is 18.2 Å². The molecule has 18 heavy (non-hydrogen) atoms. The summed E-state index contributed by atoms with van der Waals surface area (Å²) in [7, 11) is 0. The molecule has 94 valence electrons. The summed E-state index contributed by atoms with van der Waals surface area (Å²) in [6.45, 7) is 3.86. The van der Waals surface area contributed by atoms with E-state index in [2.05, 4.69) is 47.1 Å². The molecule has 0 unspecified atom stereocenters. The number of hydrogen-bond donors (Lipinski definition) is 1. The van der Waals surface area contributed by atoms with Gasteiger partial charge in [-0.15, -0.1) is 0 Å². The number of hydrogen-bond acceptors (Lipinski definition) is 2. The van der Waals surface area contributed by atoms with Gasteiger partial charge < -0.3 is 5.11 Å². The summed E-state index contributed by atoms with van der Waals surface area (Å²) in [5.41, 5.74) is 2.19. The van der Waals surface area contributed by atoms with Crippen LogP contribution in [0.15, 0.2) is 56.7 Å². The Morgan fingerprint density at radius 2 is 1.67 bits per heavy atom. The maximum absolute atomic E-state index is 9.58. The van der Waals surface area contributed by atoms with Crippen molar-refractivity contribution in [3.8, 4) is 0 Å². The van der Waals surface area contributed by atoms with Crippen LogP contribution >= 0.6 is 27.7 Å².